The molecule has 2 aromatic rings. The number of thiophene rings is 1. The number of rotatable bonds is 4. The van der Waals surface area contributed by atoms with Crippen LogP contribution in [0.5, 0.6) is 0 Å². The first-order chi connectivity index (χ1) is 9.19. The minimum Gasteiger partial charge on any atom is -0.463 e. The largest absolute Gasteiger partial charge is 0.463 e. The molecule has 2 rings (SSSR count). The van der Waals surface area contributed by atoms with Gasteiger partial charge < -0.3 is 4.74 Å². The van der Waals surface area contributed by atoms with Crippen molar-refractivity contribution in [3.8, 4) is 10.4 Å². The first kappa shape index (κ1) is 13.6. The van der Waals surface area contributed by atoms with Crippen LogP contribution in [0.2, 0.25) is 0 Å². The smallest absolute Gasteiger partial charge is 0.330 e. The van der Waals surface area contributed by atoms with Gasteiger partial charge in [-0.15, -0.1) is 11.3 Å². The second-order valence-corrected chi connectivity index (χ2v) is 5.27. The highest BCUT2D eigenvalue weighted by molar-refractivity contribution is 7.16. The third kappa shape index (κ3) is 3.80. The van der Waals surface area contributed by atoms with Crippen LogP contribution in [0, 0.1) is 6.92 Å². The summed E-state index contributed by atoms with van der Waals surface area (Å²) in [5, 5.41) is 0. The Balaban J connectivity index is 2.11. The molecule has 19 heavy (non-hydrogen) atoms. The molecule has 0 saturated heterocycles. The van der Waals surface area contributed by atoms with E-state index in [4.69, 9.17) is 4.74 Å². The van der Waals surface area contributed by atoms with Crippen LogP contribution in [0.4, 0.5) is 0 Å². The molecule has 1 aromatic heterocycles. The summed E-state index contributed by atoms with van der Waals surface area (Å²) in [6.07, 6.45) is 3.26. The molecular formula is C16H16O2S. The van der Waals surface area contributed by atoms with E-state index < -0.39 is 0 Å². The van der Waals surface area contributed by atoms with E-state index in [1.165, 1.54) is 22.1 Å². The predicted octanol–water partition coefficient (Wildman–Crippen LogP) is 4.30. The summed E-state index contributed by atoms with van der Waals surface area (Å²) in [5.74, 6) is -0.298. The van der Waals surface area contributed by atoms with Crippen molar-refractivity contribution in [3.63, 3.8) is 0 Å². The van der Waals surface area contributed by atoms with Crippen LogP contribution >= 0.6 is 11.3 Å². The number of hydrogen-bond donors (Lipinski definition) is 0. The lowest BCUT2D eigenvalue weighted by Gasteiger charge is -1.97. The van der Waals surface area contributed by atoms with Gasteiger partial charge in [-0.2, -0.15) is 0 Å². The average Bonchev–Trinajstić information content (AvgIpc) is 2.86. The molecule has 0 aliphatic carbocycles. The van der Waals surface area contributed by atoms with E-state index in [2.05, 4.69) is 37.3 Å². The maximum Gasteiger partial charge on any atom is 0.330 e. The fourth-order valence-electron chi connectivity index (χ4n) is 1.66. The zero-order valence-electron chi connectivity index (χ0n) is 11.1. The van der Waals surface area contributed by atoms with Gasteiger partial charge in [0.25, 0.3) is 0 Å². The zero-order valence-corrected chi connectivity index (χ0v) is 11.9. The van der Waals surface area contributed by atoms with Crippen LogP contribution in [0.1, 0.15) is 17.4 Å². The Labute approximate surface area is 117 Å². The molecule has 0 bridgehead atoms. The second kappa shape index (κ2) is 6.34. The quantitative estimate of drug-likeness (QED) is 0.612. The van der Waals surface area contributed by atoms with Gasteiger partial charge in [0.2, 0.25) is 0 Å². The SMILES string of the molecule is CCOC(=O)/C=C/c1ccc(-c2ccc(C)cc2)s1. The number of aryl methyl sites for hydroxylation is 1. The van der Waals surface area contributed by atoms with Crippen LogP contribution in [0.3, 0.4) is 0 Å². The molecule has 2 nitrogen and oxygen atoms in total. The molecule has 0 spiro atoms. The topological polar surface area (TPSA) is 26.3 Å². The Morgan fingerprint density at radius 1 is 1.21 bits per heavy atom. The van der Waals surface area contributed by atoms with Crippen molar-refractivity contribution >= 4 is 23.4 Å². The predicted molar refractivity (Wildman–Crippen MR) is 80.2 cm³/mol. The van der Waals surface area contributed by atoms with Crippen molar-refractivity contribution < 1.29 is 9.53 Å². The molecular weight excluding hydrogens is 256 g/mol. The molecule has 0 N–H and O–H groups in total. The summed E-state index contributed by atoms with van der Waals surface area (Å²) < 4.78 is 4.85. The number of esters is 1. The summed E-state index contributed by atoms with van der Waals surface area (Å²) in [6.45, 7) is 4.28. The van der Waals surface area contributed by atoms with E-state index in [1.54, 1.807) is 24.3 Å². The average molecular weight is 272 g/mol. The van der Waals surface area contributed by atoms with Crippen LogP contribution in [0.25, 0.3) is 16.5 Å². The van der Waals surface area contributed by atoms with Gasteiger partial charge in [-0.25, -0.2) is 4.79 Å². The molecule has 0 amide bonds. The van der Waals surface area contributed by atoms with Gasteiger partial charge in [0.15, 0.2) is 0 Å². The minimum atomic E-state index is -0.298. The monoisotopic (exact) mass is 272 g/mol. The molecule has 0 radical (unpaired) electrons. The summed E-state index contributed by atoms with van der Waals surface area (Å²) in [7, 11) is 0. The molecule has 0 unspecified atom stereocenters. The standard InChI is InChI=1S/C16H16O2S/c1-3-18-16(17)11-9-14-8-10-15(19-14)13-6-4-12(2)5-7-13/h4-11H,3H2,1-2H3/b11-9+. The zero-order chi connectivity index (χ0) is 13.7. The summed E-state index contributed by atoms with van der Waals surface area (Å²) in [6, 6.07) is 12.5. The van der Waals surface area contributed by atoms with E-state index in [0.29, 0.717) is 6.61 Å². The van der Waals surface area contributed by atoms with Crippen molar-refractivity contribution in [2.45, 2.75) is 13.8 Å². The fraction of sp³-hybridized carbons (Fsp3) is 0.188. The van der Waals surface area contributed by atoms with Crippen molar-refractivity contribution in [3.05, 3.63) is 52.9 Å². The molecule has 0 aliphatic rings. The van der Waals surface area contributed by atoms with Crippen molar-refractivity contribution in [1.29, 1.82) is 0 Å². The summed E-state index contributed by atoms with van der Waals surface area (Å²) in [5.41, 5.74) is 2.45. The molecule has 0 fully saturated rings. The van der Waals surface area contributed by atoms with Gasteiger partial charge in [0.1, 0.15) is 0 Å². The Hall–Kier alpha value is -1.87. The minimum absolute atomic E-state index is 0.298. The molecule has 3 heteroatoms. The Bertz CT molecular complexity index is 579. The highest BCUT2D eigenvalue weighted by atomic mass is 32.1. The maximum absolute atomic E-state index is 11.2. The van der Waals surface area contributed by atoms with E-state index in [0.717, 1.165) is 4.88 Å². The van der Waals surface area contributed by atoms with Gasteiger partial charge in [0, 0.05) is 15.8 Å². The van der Waals surface area contributed by atoms with Gasteiger partial charge in [0.05, 0.1) is 6.61 Å². The molecule has 98 valence electrons. The van der Waals surface area contributed by atoms with E-state index in [1.807, 2.05) is 6.07 Å². The lowest BCUT2D eigenvalue weighted by atomic mass is 10.1. The number of benzene rings is 1. The highest BCUT2D eigenvalue weighted by Gasteiger charge is 2.01. The van der Waals surface area contributed by atoms with Gasteiger partial charge in [-0.05, 0) is 37.6 Å². The maximum atomic E-state index is 11.2. The summed E-state index contributed by atoms with van der Waals surface area (Å²) >= 11 is 1.66. The number of carbonyl (C=O) groups is 1. The van der Waals surface area contributed by atoms with Crippen molar-refractivity contribution in [2.24, 2.45) is 0 Å². The second-order valence-electron chi connectivity index (χ2n) is 4.15. The van der Waals surface area contributed by atoms with Gasteiger partial charge in [-0.1, -0.05) is 29.8 Å². The highest BCUT2D eigenvalue weighted by Crippen LogP contribution is 2.28. The van der Waals surface area contributed by atoms with Gasteiger partial charge in [-0.3, -0.25) is 0 Å². The van der Waals surface area contributed by atoms with E-state index >= 15 is 0 Å². The first-order valence-corrected chi connectivity index (χ1v) is 7.02. The fourth-order valence-corrected chi connectivity index (χ4v) is 2.57. The molecule has 1 heterocycles. The lowest BCUT2D eigenvalue weighted by molar-refractivity contribution is -0.137. The number of hydrogen-bond acceptors (Lipinski definition) is 3. The Morgan fingerprint density at radius 2 is 1.95 bits per heavy atom. The molecule has 0 aliphatic heterocycles. The summed E-state index contributed by atoms with van der Waals surface area (Å²) in [4.78, 5) is 13.5. The normalized spacial score (nSPS) is 10.8. The molecule has 0 saturated carbocycles. The Morgan fingerprint density at radius 3 is 2.63 bits per heavy atom. The van der Waals surface area contributed by atoms with E-state index in [-0.39, 0.29) is 5.97 Å². The molecule has 0 atom stereocenters. The van der Waals surface area contributed by atoms with E-state index in [9.17, 15) is 4.79 Å². The Kier molecular flexibility index (Phi) is 4.53. The number of carbonyl (C=O) groups excluding carboxylic acids is 1. The molecule has 1 aromatic carbocycles. The first-order valence-electron chi connectivity index (χ1n) is 6.21. The van der Waals surface area contributed by atoms with Crippen LogP contribution in [0.15, 0.2) is 42.5 Å². The van der Waals surface area contributed by atoms with Crippen LogP contribution < -0.4 is 0 Å². The van der Waals surface area contributed by atoms with Crippen molar-refractivity contribution in [1.82, 2.24) is 0 Å². The lowest BCUT2D eigenvalue weighted by Crippen LogP contribution is -1.98. The third-order valence-corrected chi connectivity index (χ3v) is 3.73. The van der Waals surface area contributed by atoms with Gasteiger partial charge >= 0.3 is 5.97 Å². The van der Waals surface area contributed by atoms with Crippen LogP contribution in [-0.4, -0.2) is 12.6 Å². The van der Waals surface area contributed by atoms with Crippen LogP contribution in [-0.2, 0) is 9.53 Å². The number of ether oxygens (including phenoxy) is 1. The van der Waals surface area contributed by atoms with Crippen molar-refractivity contribution in [2.75, 3.05) is 6.61 Å². The third-order valence-electron chi connectivity index (χ3n) is 2.63.